The standard InChI is InChI=1S/C11H14O3/c1-9(12)14-10(2)13-8-11-6-4-3-5-7-11/h3-7,10H,8H2,1-2H3. The van der Waals surface area contributed by atoms with Gasteiger partial charge in [-0.3, -0.25) is 4.79 Å². The summed E-state index contributed by atoms with van der Waals surface area (Å²) in [6, 6.07) is 9.74. The van der Waals surface area contributed by atoms with Crippen LogP contribution in [-0.4, -0.2) is 12.3 Å². The van der Waals surface area contributed by atoms with Crippen LogP contribution in [0.4, 0.5) is 0 Å². The third kappa shape index (κ3) is 4.05. The van der Waals surface area contributed by atoms with Crippen LogP contribution >= 0.6 is 0 Å². The van der Waals surface area contributed by atoms with Crippen molar-refractivity contribution in [3.05, 3.63) is 35.9 Å². The van der Waals surface area contributed by atoms with Crippen molar-refractivity contribution in [3.63, 3.8) is 0 Å². The molecule has 14 heavy (non-hydrogen) atoms. The lowest BCUT2D eigenvalue weighted by Crippen LogP contribution is -2.15. The van der Waals surface area contributed by atoms with Gasteiger partial charge in [0.05, 0.1) is 6.61 Å². The van der Waals surface area contributed by atoms with Crippen LogP contribution < -0.4 is 0 Å². The van der Waals surface area contributed by atoms with Crippen molar-refractivity contribution in [2.24, 2.45) is 0 Å². The quantitative estimate of drug-likeness (QED) is 0.544. The third-order valence-electron chi connectivity index (χ3n) is 1.66. The van der Waals surface area contributed by atoms with E-state index < -0.39 is 6.29 Å². The van der Waals surface area contributed by atoms with Gasteiger partial charge in [-0.2, -0.15) is 0 Å². The van der Waals surface area contributed by atoms with Gasteiger partial charge in [0.15, 0.2) is 6.29 Å². The molecular weight excluding hydrogens is 180 g/mol. The Hall–Kier alpha value is -1.35. The third-order valence-corrected chi connectivity index (χ3v) is 1.66. The highest BCUT2D eigenvalue weighted by atomic mass is 16.7. The molecule has 0 N–H and O–H groups in total. The van der Waals surface area contributed by atoms with Gasteiger partial charge in [-0.1, -0.05) is 30.3 Å². The molecule has 0 aliphatic rings. The van der Waals surface area contributed by atoms with Gasteiger partial charge in [-0.15, -0.1) is 0 Å². The maximum Gasteiger partial charge on any atom is 0.304 e. The monoisotopic (exact) mass is 194 g/mol. The van der Waals surface area contributed by atoms with Crippen molar-refractivity contribution in [3.8, 4) is 0 Å². The first-order valence-corrected chi connectivity index (χ1v) is 4.51. The van der Waals surface area contributed by atoms with E-state index in [9.17, 15) is 4.79 Å². The summed E-state index contributed by atoms with van der Waals surface area (Å²) in [7, 11) is 0. The molecule has 0 amide bonds. The Bertz CT molecular complexity index is 282. The van der Waals surface area contributed by atoms with E-state index in [1.165, 1.54) is 6.92 Å². The molecule has 0 fully saturated rings. The van der Waals surface area contributed by atoms with Crippen molar-refractivity contribution in [1.82, 2.24) is 0 Å². The van der Waals surface area contributed by atoms with Gasteiger partial charge in [0, 0.05) is 6.92 Å². The number of esters is 1. The molecule has 0 aliphatic heterocycles. The summed E-state index contributed by atoms with van der Waals surface area (Å²) in [5, 5.41) is 0. The largest absolute Gasteiger partial charge is 0.436 e. The van der Waals surface area contributed by atoms with E-state index in [1.807, 2.05) is 30.3 Å². The number of benzene rings is 1. The highest BCUT2D eigenvalue weighted by molar-refractivity contribution is 5.65. The lowest BCUT2D eigenvalue weighted by molar-refractivity contribution is -0.174. The van der Waals surface area contributed by atoms with E-state index in [0.29, 0.717) is 6.61 Å². The molecule has 1 rings (SSSR count). The normalized spacial score (nSPS) is 12.1. The number of carbonyl (C=O) groups is 1. The van der Waals surface area contributed by atoms with Crippen LogP contribution in [0.3, 0.4) is 0 Å². The molecule has 0 saturated carbocycles. The molecule has 0 bridgehead atoms. The molecule has 76 valence electrons. The average molecular weight is 194 g/mol. The highest BCUT2D eigenvalue weighted by Gasteiger charge is 2.04. The fraction of sp³-hybridized carbons (Fsp3) is 0.364. The van der Waals surface area contributed by atoms with Crippen molar-refractivity contribution in [1.29, 1.82) is 0 Å². The van der Waals surface area contributed by atoms with Gasteiger partial charge in [0.2, 0.25) is 0 Å². The Morgan fingerprint density at radius 3 is 2.57 bits per heavy atom. The van der Waals surface area contributed by atoms with E-state index in [2.05, 4.69) is 0 Å². The first-order valence-electron chi connectivity index (χ1n) is 4.51. The molecule has 1 unspecified atom stereocenters. The lowest BCUT2D eigenvalue weighted by Gasteiger charge is -2.12. The van der Waals surface area contributed by atoms with Crippen LogP contribution in [0.2, 0.25) is 0 Å². The number of hydrogen-bond acceptors (Lipinski definition) is 3. The molecule has 3 nitrogen and oxygen atoms in total. The van der Waals surface area contributed by atoms with Gasteiger partial charge in [0.25, 0.3) is 0 Å². The zero-order chi connectivity index (χ0) is 10.4. The van der Waals surface area contributed by atoms with Crippen molar-refractivity contribution in [2.45, 2.75) is 26.7 Å². The summed E-state index contributed by atoms with van der Waals surface area (Å²) in [6.45, 7) is 3.52. The number of carbonyl (C=O) groups excluding carboxylic acids is 1. The zero-order valence-electron chi connectivity index (χ0n) is 8.40. The summed E-state index contributed by atoms with van der Waals surface area (Å²) in [6.07, 6.45) is -0.493. The molecule has 0 heterocycles. The molecule has 0 spiro atoms. The second-order valence-corrected chi connectivity index (χ2v) is 2.97. The maximum atomic E-state index is 10.6. The molecule has 1 aromatic carbocycles. The Labute approximate surface area is 83.6 Å². The Morgan fingerprint density at radius 1 is 1.36 bits per heavy atom. The van der Waals surface area contributed by atoms with E-state index in [1.54, 1.807) is 6.92 Å². The summed E-state index contributed by atoms with van der Waals surface area (Å²) >= 11 is 0. The van der Waals surface area contributed by atoms with Crippen LogP contribution in [0.1, 0.15) is 19.4 Å². The summed E-state index contributed by atoms with van der Waals surface area (Å²) < 4.78 is 10.1. The van der Waals surface area contributed by atoms with Gasteiger partial charge < -0.3 is 9.47 Å². The minimum Gasteiger partial charge on any atom is -0.436 e. The number of rotatable bonds is 4. The van der Waals surface area contributed by atoms with Gasteiger partial charge >= 0.3 is 5.97 Å². The summed E-state index contributed by atoms with van der Waals surface area (Å²) in [5.41, 5.74) is 1.06. The van der Waals surface area contributed by atoms with Crippen molar-refractivity contribution < 1.29 is 14.3 Å². The molecule has 0 radical (unpaired) electrons. The molecule has 0 aromatic heterocycles. The highest BCUT2D eigenvalue weighted by Crippen LogP contribution is 2.03. The maximum absolute atomic E-state index is 10.6. The molecule has 1 aromatic rings. The summed E-state index contributed by atoms with van der Waals surface area (Å²) in [5.74, 6) is -0.328. The second-order valence-electron chi connectivity index (χ2n) is 2.97. The van der Waals surface area contributed by atoms with Gasteiger partial charge in [-0.05, 0) is 12.5 Å². The van der Waals surface area contributed by atoms with Crippen LogP contribution in [0.25, 0.3) is 0 Å². The SMILES string of the molecule is CC(=O)OC(C)OCc1ccccc1. The zero-order valence-corrected chi connectivity index (χ0v) is 8.40. The minimum absolute atomic E-state index is 0.328. The van der Waals surface area contributed by atoms with E-state index in [-0.39, 0.29) is 5.97 Å². The molecule has 3 heteroatoms. The average Bonchev–Trinajstić information content (AvgIpc) is 2.15. The Morgan fingerprint density at radius 2 is 2.00 bits per heavy atom. The van der Waals surface area contributed by atoms with Gasteiger partial charge in [0.1, 0.15) is 0 Å². The molecule has 0 aliphatic carbocycles. The van der Waals surface area contributed by atoms with Crippen LogP contribution in [0.5, 0.6) is 0 Å². The van der Waals surface area contributed by atoms with E-state index in [0.717, 1.165) is 5.56 Å². The summed E-state index contributed by atoms with van der Waals surface area (Å²) in [4.78, 5) is 10.6. The fourth-order valence-corrected chi connectivity index (χ4v) is 1.06. The van der Waals surface area contributed by atoms with Crippen LogP contribution in [-0.2, 0) is 20.9 Å². The predicted octanol–water partition coefficient (Wildman–Crippen LogP) is 2.11. The van der Waals surface area contributed by atoms with Crippen LogP contribution in [0.15, 0.2) is 30.3 Å². The van der Waals surface area contributed by atoms with Gasteiger partial charge in [-0.25, -0.2) is 0 Å². The van der Waals surface area contributed by atoms with E-state index in [4.69, 9.17) is 9.47 Å². The predicted molar refractivity (Wildman–Crippen MR) is 52.5 cm³/mol. The first-order chi connectivity index (χ1) is 6.68. The first kappa shape index (κ1) is 10.7. The van der Waals surface area contributed by atoms with Crippen molar-refractivity contribution >= 4 is 5.97 Å². The molecular formula is C11H14O3. The lowest BCUT2D eigenvalue weighted by atomic mass is 10.2. The van der Waals surface area contributed by atoms with Crippen molar-refractivity contribution in [2.75, 3.05) is 0 Å². The Balaban J connectivity index is 2.30. The minimum atomic E-state index is -0.493. The number of hydrogen-bond donors (Lipinski definition) is 0. The topological polar surface area (TPSA) is 35.5 Å². The van der Waals surface area contributed by atoms with E-state index >= 15 is 0 Å². The molecule has 0 saturated heterocycles. The second kappa shape index (κ2) is 5.40. The Kier molecular flexibility index (Phi) is 4.13. The smallest absolute Gasteiger partial charge is 0.304 e. The fourth-order valence-electron chi connectivity index (χ4n) is 1.06. The number of ether oxygens (including phenoxy) is 2. The molecule has 1 atom stereocenters. The van der Waals surface area contributed by atoms with Crippen LogP contribution in [0, 0.1) is 0 Å².